The molecule has 0 unspecified atom stereocenters. The van der Waals surface area contributed by atoms with Gasteiger partial charge in [-0.25, -0.2) is 12.8 Å². The fourth-order valence-corrected chi connectivity index (χ4v) is 6.33. The van der Waals surface area contributed by atoms with Crippen molar-refractivity contribution >= 4 is 27.5 Å². The molecule has 0 bridgehead atoms. The number of nitrogens with one attached hydrogen (secondary N) is 1. The van der Waals surface area contributed by atoms with Crippen LogP contribution >= 0.6 is 0 Å². The summed E-state index contributed by atoms with van der Waals surface area (Å²) < 4.78 is 44.2. The van der Waals surface area contributed by atoms with Gasteiger partial charge in [0.25, 0.3) is 10.0 Å². The van der Waals surface area contributed by atoms with Gasteiger partial charge in [-0.3, -0.25) is 13.9 Å². The molecule has 224 valence electrons. The number of likely N-dealkylation sites (N-methyl/N-ethyl adjacent to an activating group) is 1. The molecule has 7 nitrogen and oxygen atoms in total. The number of carbonyl (C=O) groups excluding carboxylic acids is 2. The lowest BCUT2D eigenvalue weighted by Crippen LogP contribution is -2.53. The van der Waals surface area contributed by atoms with Crippen LogP contribution in [-0.2, 0) is 32.6 Å². The van der Waals surface area contributed by atoms with Crippen molar-refractivity contribution in [3.8, 4) is 0 Å². The number of sulfonamides is 1. The van der Waals surface area contributed by atoms with Gasteiger partial charge in [-0.2, -0.15) is 0 Å². The standard InChI is InChI=1S/C34H36FN3O4S/c1-4-36-34(40)32(22-27-13-6-5-7-14-27)37(23-28-15-9-10-16-30(28)35)33(39)24-38(31-17-11-8-12-26(31)3)43(41,42)29-20-18-25(2)19-21-29/h5-21,32H,4,22-24H2,1-3H3,(H,36,40)/t32-/m0/s1. The van der Waals surface area contributed by atoms with E-state index in [1.54, 1.807) is 68.4 Å². The summed E-state index contributed by atoms with van der Waals surface area (Å²) >= 11 is 0. The largest absolute Gasteiger partial charge is 0.355 e. The Kier molecular flexibility index (Phi) is 10.3. The zero-order chi connectivity index (χ0) is 31.0. The highest BCUT2D eigenvalue weighted by Crippen LogP contribution is 2.28. The Balaban J connectivity index is 1.81. The number of hydrogen-bond donors (Lipinski definition) is 1. The van der Waals surface area contributed by atoms with E-state index in [4.69, 9.17) is 0 Å². The third-order valence-electron chi connectivity index (χ3n) is 7.19. The molecule has 4 aromatic rings. The van der Waals surface area contributed by atoms with E-state index in [1.807, 2.05) is 37.3 Å². The Morgan fingerprint density at radius 2 is 1.47 bits per heavy atom. The van der Waals surface area contributed by atoms with Crippen molar-refractivity contribution in [1.29, 1.82) is 0 Å². The molecular formula is C34H36FN3O4S. The number of benzene rings is 4. The maximum atomic E-state index is 14.9. The molecular weight excluding hydrogens is 565 g/mol. The summed E-state index contributed by atoms with van der Waals surface area (Å²) in [5.41, 5.74) is 2.88. The fourth-order valence-electron chi connectivity index (χ4n) is 4.85. The van der Waals surface area contributed by atoms with E-state index >= 15 is 0 Å². The average molecular weight is 602 g/mol. The molecule has 0 heterocycles. The Morgan fingerprint density at radius 3 is 2.12 bits per heavy atom. The van der Waals surface area contributed by atoms with Crippen molar-refractivity contribution in [1.82, 2.24) is 10.2 Å². The first kappa shape index (κ1) is 31.4. The summed E-state index contributed by atoms with van der Waals surface area (Å²) in [4.78, 5) is 29.2. The van der Waals surface area contributed by atoms with E-state index in [0.717, 1.165) is 15.4 Å². The highest BCUT2D eigenvalue weighted by atomic mass is 32.2. The first-order chi connectivity index (χ1) is 20.6. The summed E-state index contributed by atoms with van der Waals surface area (Å²) in [6.45, 7) is 4.89. The monoisotopic (exact) mass is 601 g/mol. The maximum Gasteiger partial charge on any atom is 0.264 e. The van der Waals surface area contributed by atoms with Crippen LogP contribution in [0.15, 0.2) is 108 Å². The van der Waals surface area contributed by atoms with E-state index in [2.05, 4.69) is 5.32 Å². The summed E-state index contributed by atoms with van der Waals surface area (Å²) in [7, 11) is -4.21. The second-order valence-electron chi connectivity index (χ2n) is 10.3. The number of hydrogen-bond acceptors (Lipinski definition) is 4. The molecule has 0 aliphatic heterocycles. The van der Waals surface area contributed by atoms with Crippen LogP contribution in [0.5, 0.6) is 0 Å². The van der Waals surface area contributed by atoms with E-state index in [0.29, 0.717) is 17.8 Å². The Hall–Kier alpha value is -4.50. The second kappa shape index (κ2) is 14.1. The number of rotatable bonds is 12. The summed E-state index contributed by atoms with van der Waals surface area (Å²) in [5, 5.41) is 2.80. The molecule has 4 aromatic carbocycles. The highest BCUT2D eigenvalue weighted by Gasteiger charge is 2.35. The molecule has 9 heteroatoms. The number of para-hydroxylation sites is 1. The van der Waals surface area contributed by atoms with Crippen molar-refractivity contribution < 1.29 is 22.4 Å². The molecule has 1 N–H and O–H groups in total. The molecule has 0 aliphatic carbocycles. The van der Waals surface area contributed by atoms with Gasteiger partial charge in [0.1, 0.15) is 18.4 Å². The molecule has 43 heavy (non-hydrogen) atoms. The van der Waals surface area contributed by atoms with Crippen LogP contribution < -0.4 is 9.62 Å². The normalized spacial score (nSPS) is 11.9. The lowest BCUT2D eigenvalue weighted by molar-refractivity contribution is -0.140. The first-order valence-corrected chi connectivity index (χ1v) is 15.6. The number of carbonyl (C=O) groups is 2. The Labute approximate surface area is 253 Å². The summed E-state index contributed by atoms with van der Waals surface area (Å²) in [5.74, 6) is -1.59. The third-order valence-corrected chi connectivity index (χ3v) is 8.97. The number of anilines is 1. The number of halogens is 1. The molecule has 0 aromatic heterocycles. The van der Waals surface area contributed by atoms with Crippen molar-refractivity contribution in [2.45, 2.75) is 44.7 Å². The van der Waals surface area contributed by atoms with Crippen LogP contribution in [0, 0.1) is 19.7 Å². The van der Waals surface area contributed by atoms with Gasteiger partial charge in [-0.1, -0.05) is 84.4 Å². The zero-order valence-corrected chi connectivity index (χ0v) is 25.4. The third kappa shape index (κ3) is 7.67. The molecule has 0 saturated carbocycles. The van der Waals surface area contributed by atoms with Crippen LogP contribution in [0.3, 0.4) is 0 Å². The van der Waals surface area contributed by atoms with E-state index in [9.17, 15) is 22.4 Å². The van der Waals surface area contributed by atoms with Crippen molar-refractivity contribution in [3.05, 3.63) is 131 Å². The van der Waals surface area contributed by atoms with Crippen LogP contribution in [0.1, 0.15) is 29.2 Å². The van der Waals surface area contributed by atoms with Gasteiger partial charge in [-0.05, 0) is 56.2 Å². The molecule has 0 saturated heterocycles. The average Bonchev–Trinajstić information content (AvgIpc) is 2.99. The molecule has 0 aliphatic rings. The first-order valence-electron chi connectivity index (χ1n) is 14.1. The van der Waals surface area contributed by atoms with E-state index < -0.39 is 40.2 Å². The minimum absolute atomic E-state index is 0.0272. The second-order valence-corrected chi connectivity index (χ2v) is 12.2. The molecule has 1 atom stereocenters. The van der Waals surface area contributed by atoms with Gasteiger partial charge in [0.2, 0.25) is 11.8 Å². The topological polar surface area (TPSA) is 86.8 Å². The summed E-state index contributed by atoms with van der Waals surface area (Å²) in [6, 6.07) is 27.5. The van der Waals surface area contributed by atoms with Crippen molar-refractivity contribution in [2.75, 3.05) is 17.4 Å². The molecule has 4 rings (SSSR count). The minimum atomic E-state index is -4.21. The maximum absolute atomic E-state index is 14.9. The predicted octanol–water partition coefficient (Wildman–Crippen LogP) is 5.41. The highest BCUT2D eigenvalue weighted by molar-refractivity contribution is 7.92. The van der Waals surface area contributed by atoms with Gasteiger partial charge < -0.3 is 10.2 Å². The molecule has 0 radical (unpaired) electrons. The lowest BCUT2D eigenvalue weighted by atomic mass is 10.0. The van der Waals surface area contributed by atoms with Gasteiger partial charge in [0.15, 0.2) is 0 Å². The van der Waals surface area contributed by atoms with Crippen molar-refractivity contribution in [3.63, 3.8) is 0 Å². The van der Waals surface area contributed by atoms with Gasteiger partial charge in [-0.15, -0.1) is 0 Å². The van der Waals surface area contributed by atoms with Crippen LogP contribution in [0.25, 0.3) is 0 Å². The van der Waals surface area contributed by atoms with Crippen molar-refractivity contribution in [2.24, 2.45) is 0 Å². The Bertz CT molecular complexity index is 1660. The quantitative estimate of drug-likeness (QED) is 0.235. The molecule has 2 amide bonds. The van der Waals surface area contributed by atoms with E-state index in [1.165, 1.54) is 23.1 Å². The van der Waals surface area contributed by atoms with Crippen LogP contribution in [-0.4, -0.2) is 44.3 Å². The summed E-state index contributed by atoms with van der Waals surface area (Å²) in [6.07, 6.45) is 0.155. The van der Waals surface area contributed by atoms with Gasteiger partial charge in [0, 0.05) is 25.1 Å². The number of aryl methyl sites for hydroxylation is 2. The molecule has 0 fully saturated rings. The van der Waals surface area contributed by atoms with Crippen LogP contribution in [0.4, 0.5) is 10.1 Å². The van der Waals surface area contributed by atoms with E-state index in [-0.39, 0.29) is 23.4 Å². The number of nitrogens with zero attached hydrogens (tertiary/aromatic N) is 2. The number of amides is 2. The van der Waals surface area contributed by atoms with Crippen LogP contribution in [0.2, 0.25) is 0 Å². The lowest BCUT2D eigenvalue weighted by Gasteiger charge is -2.34. The fraction of sp³-hybridized carbons (Fsp3) is 0.235. The van der Waals surface area contributed by atoms with Gasteiger partial charge >= 0.3 is 0 Å². The Morgan fingerprint density at radius 1 is 0.837 bits per heavy atom. The minimum Gasteiger partial charge on any atom is -0.355 e. The SMILES string of the molecule is CCNC(=O)[C@H](Cc1ccccc1)N(Cc1ccccc1F)C(=O)CN(c1ccccc1C)S(=O)(=O)c1ccc(C)cc1. The molecule has 0 spiro atoms. The predicted molar refractivity (Wildman–Crippen MR) is 166 cm³/mol. The smallest absolute Gasteiger partial charge is 0.264 e. The van der Waals surface area contributed by atoms with Gasteiger partial charge in [0.05, 0.1) is 10.6 Å². The zero-order valence-electron chi connectivity index (χ0n) is 24.5.